The number of furan rings is 1. The second kappa shape index (κ2) is 12.2. The van der Waals surface area contributed by atoms with E-state index in [-0.39, 0.29) is 29.4 Å². The van der Waals surface area contributed by atoms with Crippen LogP contribution in [0.5, 0.6) is 0 Å². The molecule has 0 aliphatic carbocycles. The highest BCUT2D eigenvalue weighted by atomic mass is 32.2. The van der Waals surface area contributed by atoms with E-state index >= 15 is 0 Å². The zero-order valence-corrected chi connectivity index (χ0v) is 21.4. The van der Waals surface area contributed by atoms with Crippen molar-refractivity contribution in [2.45, 2.75) is 26.2 Å². The van der Waals surface area contributed by atoms with Crippen LogP contribution in [-0.4, -0.2) is 24.2 Å². The summed E-state index contributed by atoms with van der Waals surface area (Å²) in [5.74, 6) is -1.04. The molecule has 1 aliphatic heterocycles. The van der Waals surface area contributed by atoms with Crippen LogP contribution in [0.3, 0.4) is 0 Å². The summed E-state index contributed by atoms with van der Waals surface area (Å²) in [6, 6.07) is 22.7. The topological polar surface area (TPSA) is 104 Å². The summed E-state index contributed by atoms with van der Waals surface area (Å²) in [6.07, 6.45) is 2.42. The van der Waals surface area contributed by atoms with Gasteiger partial charge in [-0.05, 0) is 48.7 Å². The van der Waals surface area contributed by atoms with Crippen molar-refractivity contribution in [3.63, 3.8) is 0 Å². The minimum atomic E-state index is -0.789. The van der Waals surface area contributed by atoms with E-state index in [1.54, 1.807) is 19.1 Å². The second-order valence-electron chi connectivity index (χ2n) is 8.19. The SMILES string of the molecule is CCOC(=O)C1=C(c2ccccc2)NC(SCC(=O)Nc2ccc(CC)cc2)=C(C#N)C1c1ccco1. The quantitative estimate of drug-likeness (QED) is 0.358. The average molecular weight is 514 g/mol. The van der Waals surface area contributed by atoms with E-state index in [2.05, 4.69) is 23.6 Å². The molecule has 1 aliphatic rings. The number of anilines is 1. The molecule has 0 bridgehead atoms. The minimum absolute atomic E-state index is 0.0602. The number of nitriles is 1. The molecule has 1 unspecified atom stereocenters. The lowest BCUT2D eigenvalue weighted by Crippen LogP contribution is -2.29. The zero-order chi connectivity index (χ0) is 26.2. The van der Waals surface area contributed by atoms with Crippen LogP contribution < -0.4 is 10.6 Å². The van der Waals surface area contributed by atoms with Crippen LogP contribution in [0.4, 0.5) is 5.69 Å². The maximum Gasteiger partial charge on any atom is 0.337 e. The highest BCUT2D eigenvalue weighted by Crippen LogP contribution is 2.43. The molecule has 8 heteroatoms. The number of ether oxygens (including phenoxy) is 1. The average Bonchev–Trinajstić information content (AvgIpc) is 3.47. The predicted molar refractivity (Wildman–Crippen MR) is 144 cm³/mol. The third-order valence-corrected chi connectivity index (χ3v) is 6.85. The Bertz CT molecular complexity index is 1350. The molecule has 0 saturated heterocycles. The first-order chi connectivity index (χ1) is 18.0. The first-order valence-corrected chi connectivity index (χ1v) is 13.0. The van der Waals surface area contributed by atoms with E-state index in [0.29, 0.717) is 22.2 Å². The number of carbonyl (C=O) groups is 2. The number of allylic oxidation sites excluding steroid dienone is 1. The first-order valence-electron chi connectivity index (χ1n) is 12.0. The van der Waals surface area contributed by atoms with Crippen molar-refractivity contribution in [1.82, 2.24) is 5.32 Å². The van der Waals surface area contributed by atoms with Crippen LogP contribution in [0.15, 0.2) is 93.6 Å². The Kier molecular flexibility index (Phi) is 8.49. The number of esters is 1. The summed E-state index contributed by atoms with van der Waals surface area (Å²) in [6.45, 7) is 3.99. The van der Waals surface area contributed by atoms with Gasteiger partial charge in [-0.15, -0.1) is 0 Å². The molecule has 188 valence electrons. The monoisotopic (exact) mass is 513 g/mol. The minimum Gasteiger partial charge on any atom is -0.468 e. The van der Waals surface area contributed by atoms with Gasteiger partial charge in [0, 0.05) is 5.69 Å². The van der Waals surface area contributed by atoms with Gasteiger partial charge >= 0.3 is 5.97 Å². The van der Waals surface area contributed by atoms with E-state index in [4.69, 9.17) is 9.15 Å². The van der Waals surface area contributed by atoms with Crippen molar-refractivity contribution >= 4 is 35.0 Å². The summed E-state index contributed by atoms with van der Waals surface area (Å²) in [5, 5.41) is 16.8. The summed E-state index contributed by atoms with van der Waals surface area (Å²) in [5.41, 5.74) is 3.71. The van der Waals surface area contributed by atoms with E-state index in [9.17, 15) is 14.9 Å². The van der Waals surface area contributed by atoms with Crippen molar-refractivity contribution in [2.24, 2.45) is 0 Å². The molecule has 7 nitrogen and oxygen atoms in total. The number of nitrogens with one attached hydrogen (secondary N) is 2. The third kappa shape index (κ3) is 5.96. The molecule has 0 spiro atoms. The fourth-order valence-electron chi connectivity index (χ4n) is 4.06. The maximum atomic E-state index is 13.2. The molecule has 1 amide bonds. The Hall–Kier alpha value is -4.22. The Morgan fingerprint density at radius 1 is 1.08 bits per heavy atom. The van der Waals surface area contributed by atoms with Crippen molar-refractivity contribution in [3.05, 3.63) is 106 Å². The zero-order valence-electron chi connectivity index (χ0n) is 20.6. The molecule has 2 aromatic carbocycles. The molecule has 1 aromatic heterocycles. The van der Waals surface area contributed by atoms with Crippen molar-refractivity contribution in [3.8, 4) is 6.07 Å². The van der Waals surface area contributed by atoms with E-state index < -0.39 is 11.9 Å². The number of amides is 1. The van der Waals surface area contributed by atoms with Crippen LogP contribution in [0.1, 0.15) is 36.7 Å². The van der Waals surface area contributed by atoms with Gasteiger partial charge in [0.05, 0.1) is 52.5 Å². The molecule has 3 aromatic rings. The van der Waals surface area contributed by atoms with Gasteiger partial charge in [-0.1, -0.05) is 61.2 Å². The van der Waals surface area contributed by atoms with Gasteiger partial charge in [-0.25, -0.2) is 4.79 Å². The Labute approximate surface area is 220 Å². The molecule has 0 radical (unpaired) electrons. The number of benzene rings is 2. The fraction of sp³-hybridized carbons (Fsp3) is 0.207. The first kappa shape index (κ1) is 25.9. The number of hydrogen-bond acceptors (Lipinski definition) is 7. The van der Waals surface area contributed by atoms with Gasteiger partial charge in [-0.3, -0.25) is 4.79 Å². The maximum absolute atomic E-state index is 13.2. The lowest BCUT2D eigenvalue weighted by molar-refractivity contribution is -0.138. The molecule has 0 saturated carbocycles. The van der Waals surface area contributed by atoms with Gasteiger partial charge in [0.25, 0.3) is 0 Å². The standard InChI is InChI=1S/C29H27N3O4S/c1-3-19-12-14-21(15-13-19)31-24(33)18-37-28-22(17-30)25(23-11-8-16-36-23)26(29(34)35-4-2)27(32-28)20-9-6-5-7-10-20/h5-16,25,32H,3-4,18H2,1-2H3,(H,31,33). The lowest BCUT2D eigenvalue weighted by Gasteiger charge is -2.29. The molecule has 1 atom stereocenters. The molecule has 0 fully saturated rings. The number of aryl methyl sites for hydroxylation is 1. The summed E-state index contributed by atoms with van der Waals surface area (Å²) in [7, 11) is 0. The highest BCUT2D eigenvalue weighted by Gasteiger charge is 2.38. The summed E-state index contributed by atoms with van der Waals surface area (Å²) >= 11 is 1.20. The van der Waals surface area contributed by atoms with Crippen molar-refractivity contribution in [2.75, 3.05) is 17.7 Å². The van der Waals surface area contributed by atoms with Crippen molar-refractivity contribution < 1.29 is 18.7 Å². The Morgan fingerprint density at radius 3 is 2.46 bits per heavy atom. The molecular formula is C29H27N3O4S. The number of rotatable bonds is 9. The van der Waals surface area contributed by atoms with Crippen LogP contribution in [0.25, 0.3) is 5.70 Å². The molecule has 2 heterocycles. The van der Waals surface area contributed by atoms with E-state index in [1.807, 2.05) is 54.6 Å². The molecular weight excluding hydrogens is 486 g/mol. The number of hydrogen-bond donors (Lipinski definition) is 2. The van der Waals surface area contributed by atoms with Crippen LogP contribution in [-0.2, 0) is 20.7 Å². The van der Waals surface area contributed by atoms with Gasteiger partial charge in [0.2, 0.25) is 5.91 Å². The molecule has 37 heavy (non-hydrogen) atoms. The molecule has 2 N–H and O–H groups in total. The molecule has 4 rings (SSSR count). The number of carbonyl (C=O) groups excluding carboxylic acids is 2. The van der Waals surface area contributed by atoms with Crippen molar-refractivity contribution in [1.29, 1.82) is 5.26 Å². The third-order valence-electron chi connectivity index (χ3n) is 5.83. The van der Waals surface area contributed by atoms with Gasteiger partial charge in [0.1, 0.15) is 5.76 Å². The van der Waals surface area contributed by atoms with E-state index in [1.165, 1.54) is 23.6 Å². The van der Waals surface area contributed by atoms with Crippen LogP contribution >= 0.6 is 11.8 Å². The predicted octanol–water partition coefficient (Wildman–Crippen LogP) is 5.61. The lowest BCUT2D eigenvalue weighted by atomic mass is 9.84. The number of thioether (sulfide) groups is 1. The van der Waals surface area contributed by atoms with Gasteiger partial charge in [-0.2, -0.15) is 5.26 Å². The summed E-state index contributed by atoms with van der Waals surface area (Å²) in [4.78, 5) is 26.0. The Morgan fingerprint density at radius 2 is 1.84 bits per heavy atom. The summed E-state index contributed by atoms with van der Waals surface area (Å²) < 4.78 is 11.1. The normalized spacial score (nSPS) is 15.1. The highest BCUT2D eigenvalue weighted by molar-refractivity contribution is 8.03. The van der Waals surface area contributed by atoms with Crippen LogP contribution in [0.2, 0.25) is 0 Å². The van der Waals surface area contributed by atoms with Gasteiger partial charge in [0.15, 0.2) is 0 Å². The number of nitrogens with zero attached hydrogens (tertiary/aromatic N) is 1. The Balaban J connectivity index is 1.68. The van der Waals surface area contributed by atoms with Crippen LogP contribution in [0, 0.1) is 11.3 Å². The smallest absolute Gasteiger partial charge is 0.337 e. The fourth-order valence-corrected chi connectivity index (χ4v) is 4.90. The number of dihydropyridines is 1. The largest absolute Gasteiger partial charge is 0.468 e. The van der Waals surface area contributed by atoms with E-state index in [0.717, 1.165) is 12.0 Å². The van der Waals surface area contributed by atoms with Gasteiger partial charge < -0.3 is 19.8 Å². The second-order valence-corrected chi connectivity index (χ2v) is 9.18.